The van der Waals surface area contributed by atoms with E-state index in [1.54, 1.807) is 0 Å². The highest BCUT2D eigenvalue weighted by Crippen LogP contribution is 2.52. The summed E-state index contributed by atoms with van der Waals surface area (Å²) in [5.74, 6) is 0. The smallest absolute Gasteiger partial charge is 0.159 e. The van der Waals surface area contributed by atoms with E-state index in [4.69, 9.17) is 8.83 Å². The lowest BCUT2D eigenvalue weighted by Crippen LogP contribution is -2.16. The fraction of sp³-hybridized carbons (Fsp3) is 0.0638. The molecule has 236 valence electrons. The Kier molecular flexibility index (Phi) is 5.45. The van der Waals surface area contributed by atoms with Crippen LogP contribution in [0.15, 0.2) is 160 Å². The lowest BCUT2D eigenvalue weighted by atomic mass is 9.82. The van der Waals surface area contributed by atoms with E-state index < -0.39 is 0 Å². The van der Waals surface area contributed by atoms with Gasteiger partial charge in [0.2, 0.25) is 0 Å². The van der Waals surface area contributed by atoms with Crippen LogP contribution in [0, 0.1) is 0 Å². The molecule has 0 saturated heterocycles. The highest BCUT2D eigenvalue weighted by molar-refractivity contribution is 6.34. The van der Waals surface area contributed by atoms with Crippen LogP contribution in [0.25, 0.3) is 76.5 Å². The lowest BCUT2D eigenvalue weighted by Gasteiger charge is -2.28. The van der Waals surface area contributed by atoms with Gasteiger partial charge in [-0.15, -0.1) is 0 Å². The summed E-state index contributed by atoms with van der Waals surface area (Å²) in [6, 6.07) is 54.5. The second-order valence-electron chi connectivity index (χ2n) is 14.1. The maximum absolute atomic E-state index is 7.17. The van der Waals surface area contributed by atoms with Gasteiger partial charge in [-0.05, 0) is 74.8 Å². The Bertz CT molecular complexity index is 3030. The summed E-state index contributed by atoms with van der Waals surface area (Å²) in [5, 5.41) is 8.89. The van der Waals surface area contributed by atoms with Crippen molar-refractivity contribution in [2.45, 2.75) is 19.3 Å². The molecule has 0 atom stereocenters. The van der Waals surface area contributed by atoms with Crippen molar-refractivity contribution in [2.24, 2.45) is 0 Å². The molecule has 2 aromatic heterocycles. The molecular formula is C47H31NO2. The molecule has 0 unspecified atom stereocenters. The highest BCUT2D eigenvalue weighted by atomic mass is 16.3. The molecule has 1 aliphatic rings. The van der Waals surface area contributed by atoms with Crippen molar-refractivity contribution >= 4 is 82.5 Å². The van der Waals surface area contributed by atoms with Crippen LogP contribution in [0.4, 0.5) is 17.1 Å². The largest absolute Gasteiger partial charge is 0.455 e. The van der Waals surface area contributed by atoms with Crippen molar-refractivity contribution in [3.63, 3.8) is 0 Å². The quantitative estimate of drug-likeness (QED) is 0.192. The first-order valence-corrected chi connectivity index (χ1v) is 17.3. The van der Waals surface area contributed by atoms with Gasteiger partial charge in [-0.2, -0.15) is 0 Å². The number of benzene rings is 8. The second-order valence-corrected chi connectivity index (χ2v) is 14.1. The summed E-state index contributed by atoms with van der Waals surface area (Å²) >= 11 is 0. The zero-order valence-electron chi connectivity index (χ0n) is 27.7. The molecular weight excluding hydrogens is 611 g/mol. The number of furan rings is 2. The predicted octanol–water partition coefficient (Wildman–Crippen LogP) is 13.6. The number of hydrogen-bond acceptors (Lipinski definition) is 3. The van der Waals surface area contributed by atoms with Gasteiger partial charge in [0.15, 0.2) is 5.58 Å². The monoisotopic (exact) mass is 641 g/mol. The SMILES string of the molecule is CC1(C)c2ccccc2-c2ccc(N(c3ccc4ccccc4c3)c3cccc4c3oc3c4c4ccccc4c4oc5ccccc5c43)cc21. The van der Waals surface area contributed by atoms with Crippen molar-refractivity contribution in [2.75, 3.05) is 4.90 Å². The average Bonchev–Trinajstić information content (AvgIpc) is 3.81. The summed E-state index contributed by atoms with van der Waals surface area (Å²) in [4.78, 5) is 2.38. The first kappa shape index (κ1) is 27.6. The lowest BCUT2D eigenvalue weighted by molar-refractivity contribution is 0.660. The van der Waals surface area contributed by atoms with E-state index in [1.807, 2.05) is 12.1 Å². The van der Waals surface area contributed by atoms with E-state index in [0.29, 0.717) is 0 Å². The molecule has 11 rings (SSSR count). The molecule has 3 nitrogen and oxygen atoms in total. The Balaban J connectivity index is 1.24. The molecule has 1 aliphatic carbocycles. The van der Waals surface area contributed by atoms with Crippen molar-refractivity contribution in [1.29, 1.82) is 0 Å². The summed E-state index contributed by atoms with van der Waals surface area (Å²) in [6.07, 6.45) is 0. The molecule has 0 fully saturated rings. The molecule has 10 aromatic rings. The normalized spacial score (nSPS) is 13.6. The highest BCUT2D eigenvalue weighted by Gasteiger charge is 2.36. The van der Waals surface area contributed by atoms with Crippen LogP contribution in [0.5, 0.6) is 0 Å². The van der Waals surface area contributed by atoms with Gasteiger partial charge in [-0.25, -0.2) is 0 Å². The van der Waals surface area contributed by atoms with E-state index >= 15 is 0 Å². The fourth-order valence-corrected chi connectivity index (χ4v) is 8.66. The van der Waals surface area contributed by atoms with Gasteiger partial charge in [-0.3, -0.25) is 0 Å². The third-order valence-electron chi connectivity index (χ3n) is 11.0. The molecule has 0 spiro atoms. The molecule has 2 heterocycles. The first-order valence-electron chi connectivity index (χ1n) is 17.3. The van der Waals surface area contributed by atoms with Crippen molar-refractivity contribution < 1.29 is 8.83 Å². The van der Waals surface area contributed by atoms with Crippen molar-refractivity contribution in [1.82, 2.24) is 0 Å². The third-order valence-corrected chi connectivity index (χ3v) is 11.0. The third kappa shape index (κ3) is 3.64. The first-order chi connectivity index (χ1) is 24.6. The topological polar surface area (TPSA) is 29.5 Å². The summed E-state index contributed by atoms with van der Waals surface area (Å²) in [5.41, 5.74) is 11.8. The van der Waals surface area contributed by atoms with Gasteiger partial charge in [-0.1, -0.05) is 129 Å². The van der Waals surface area contributed by atoms with Crippen LogP contribution >= 0.6 is 0 Å². The Morgan fingerprint density at radius 3 is 2.02 bits per heavy atom. The minimum atomic E-state index is -0.130. The number of nitrogens with zero attached hydrogens (tertiary/aromatic N) is 1. The van der Waals surface area contributed by atoms with E-state index in [9.17, 15) is 0 Å². The molecule has 0 saturated carbocycles. The molecule has 8 aromatic carbocycles. The zero-order valence-corrected chi connectivity index (χ0v) is 27.7. The number of rotatable bonds is 3. The maximum Gasteiger partial charge on any atom is 0.159 e. The van der Waals surface area contributed by atoms with E-state index in [0.717, 1.165) is 71.7 Å². The predicted molar refractivity (Wildman–Crippen MR) is 208 cm³/mol. The number of para-hydroxylation sites is 2. The maximum atomic E-state index is 7.17. The van der Waals surface area contributed by atoms with E-state index in [-0.39, 0.29) is 5.41 Å². The van der Waals surface area contributed by atoms with Gasteiger partial charge in [0.05, 0.1) is 11.1 Å². The van der Waals surface area contributed by atoms with Crippen LogP contribution in [-0.2, 0) is 5.41 Å². The van der Waals surface area contributed by atoms with Gasteiger partial charge < -0.3 is 13.7 Å². The summed E-state index contributed by atoms with van der Waals surface area (Å²) < 4.78 is 13.7. The van der Waals surface area contributed by atoms with E-state index in [2.05, 4.69) is 158 Å². The fourth-order valence-electron chi connectivity index (χ4n) is 8.66. The second kappa shape index (κ2) is 9.87. The Hall–Kier alpha value is -6.32. The van der Waals surface area contributed by atoms with Crippen molar-refractivity contribution in [3.8, 4) is 11.1 Å². The van der Waals surface area contributed by atoms with Gasteiger partial charge >= 0.3 is 0 Å². The van der Waals surface area contributed by atoms with Crippen LogP contribution in [0.3, 0.4) is 0 Å². The van der Waals surface area contributed by atoms with Gasteiger partial charge in [0, 0.05) is 38.3 Å². The van der Waals surface area contributed by atoms with Gasteiger partial charge in [0.1, 0.15) is 16.7 Å². The summed E-state index contributed by atoms with van der Waals surface area (Å²) in [6.45, 7) is 4.68. The van der Waals surface area contributed by atoms with E-state index in [1.165, 1.54) is 33.0 Å². The Labute approximate surface area is 288 Å². The van der Waals surface area contributed by atoms with Crippen LogP contribution in [0.2, 0.25) is 0 Å². The average molecular weight is 642 g/mol. The number of fused-ring (bicyclic) bond motifs is 14. The molecule has 0 amide bonds. The molecule has 50 heavy (non-hydrogen) atoms. The van der Waals surface area contributed by atoms with Crippen LogP contribution in [0.1, 0.15) is 25.0 Å². The molecule has 0 aliphatic heterocycles. The molecule has 0 N–H and O–H groups in total. The van der Waals surface area contributed by atoms with Crippen molar-refractivity contribution in [3.05, 3.63) is 163 Å². The standard InChI is InChI=1S/C47H31NO2/c1-47(2)38-19-9-7-14-32(38)33-25-24-31(27-39(33)47)48(30-23-22-28-12-3-4-13-29(28)26-30)40-20-11-18-37-42-34-15-5-6-16-35(34)45-43(46(42)50-44(37)40)36-17-8-10-21-41(36)49-45/h3-27H,1-2H3. The van der Waals surface area contributed by atoms with Gasteiger partial charge in [0.25, 0.3) is 0 Å². The minimum absolute atomic E-state index is 0.130. The number of anilines is 3. The summed E-state index contributed by atoms with van der Waals surface area (Å²) in [7, 11) is 0. The Morgan fingerprint density at radius 2 is 1.12 bits per heavy atom. The van der Waals surface area contributed by atoms with Crippen LogP contribution in [-0.4, -0.2) is 0 Å². The number of hydrogen-bond donors (Lipinski definition) is 0. The van der Waals surface area contributed by atoms with Crippen LogP contribution < -0.4 is 4.90 Å². The minimum Gasteiger partial charge on any atom is -0.455 e. The zero-order chi connectivity index (χ0) is 33.1. The molecule has 0 bridgehead atoms. The Morgan fingerprint density at radius 1 is 0.440 bits per heavy atom. The molecule has 3 heteroatoms. The molecule has 0 radical (unpaired) electrons.